The summed E-state index contributed by atoms with van der Waals surface area (Å²) in [6.07, 6.45) is 0. The lowest BCUT2D eigenvalue weighted by Crippen LogP contribution is -2.30. The van der Waals surface area contributed by atoms with Crippen LogP contribution in [0, 0.1) is 6.92 Å². The molecule has 8 nitrogen and oxygen atoms in total. The standard InChI is InChI=1S/C16H18N4O4/c1-10-9-13(21)20-16(19-10)18-6-5-17-15(22)11-3-2-4-12-14(11)24-8-7-23-12/h2-4,9H,5-8H2,1H3,(H,17,22)(H2,18,19,20,21). The first-order valence-corrected chi connectivity index (χ1v) is 7.62. The number of fused-ring (bicyclic) bond motifs is 1. The van der Waals surface area contributed by atoms with E-state index in [9.17, 15) is 9.59 Å². The number of para-hydroxylation sites is 1. The predicted molar refractivity (Wildman–Crippen MR) is 87.8 cm³/mol. The molecule has 0 saturated carbocycles. The van der Waals surface area contributed by atoms with Gasteiger partial charge < -0.3 is 20.1 Å². The lowest BCUT2D eigenvalue weighted by atomic mass is 10.1. The van der Waals surface area contributed by atoms with E-state index in [1.54, 1.807) is 25.1 Å². The summed E-state index contributed by atoms with van der Waals surface area (Å²) < 4.78 is 11.0. The Balaban J connectivity index is 1.55. The summed E-state index contributed by atoms with van der Waals surface area (Å²) in [4.78, 5) is 30.4. The third-order valence-electron chi connectivity index (χ3n) is 3.38. The summed E-state index contributed by atoms with van der Waals surface area (Å²) in [6.45, 7) is 3.42. The number of benzene rings is 1. The molecule has 1 aromatic heterocycles. The van der Waals surface area contributed by atoms with Crippen molar-refractivity contribution in [2.75, 3.05) is 31.6 Å². The lowest BCUT2D eigenvalue weighted by molar-refractivity contribution is 0.0944. The van der Waals surface area contributed by atoms with E-state index in [-0.39, 0.29) is 11.5 Å². The number of nitrogens with one attached hydrogen (secondary N) is 3. The second-order valence-corrected chi connectivity index (χ2v) is 5.25. The maximum Gasteiger partial charge on any atom is 0.255 e. The van der Waals surface area contributed by atoms with Crippen molar-refractivity contribution in [3.05, 3.63) is 45.9 Å². The van der Waals surface area contributed by atoms with Crippen LogP contribution in [0.2, 0.25) is 0 Å². The van der Waals surface area contributed by atoms with Gasteiger partial charge in [0.2, 0.25) is 5.95 Å². The molecule has 0 radical (unpaired) electrons. The molecule has 0 atom stereocenters. The number of rotatable bonds is 5. The van der Waals surface area contributed by atoms with Crippen molar-refractivity contribution < 1.29 is 14.3 Å². The quantitative estimate of drug-likeness (QED) is 0.697. The van der Waals surface area contributed by atoms with Crippen LogP contribution in [0.5, 0.6) is 11.5 Å². The van der Waals surface area contributed by atoms with Gasteiger partial charge in [-0.1, -0.05) is 6.07 Å². The highest BCUT2D eigenvalue weighted by atomic mass is 16.6. The lowest BCUT2D eigenvalue weighted by Gasteiger charge is -2.20. The SMILES string of the molecule is Cc1cc(=O)[nH]c(NCCNC(=O)c2cccc3c2OCCO3)n1. The average Bonchev–Trinajstić information content (AvgIpc) is 2.57. The van der Waals surface area contributed by atoms with E-state index in [1.807, 2.05) is 0 Å². The maximum absolute atomic E-state index is 12.3. The van der Waals surface area contributed by atoms with Crippen molar-refractivity contribution >= 4 is 11.9 Å². The number of aromatic nitrogens is 2. The molecule has 1 aliphatic heterocycles. The van der Waals surface area contributed by atoms with Crippen molar-refractivity contribution in [2.24, 2.45) is 0 Å². The van der Waals surface area contributed by atoms with Crippen LogP contribution in [0.25, 0.3) is 0 Å². The zero-order valence-corrected chi connectivity index (χ0v) is 13.2. The molecule has 8 heteroatoms. The van der Waals surface area contributed by atoms with E-state index in [4.69, 9.17) is 9.47 Å². The Hall–Kier alpha value is -3.03. The van der Waals surface area contributed by atoms with E-state index < -0.39 is 0 Å². The van der Waals surface area contributed by atoms with Gasteiger partial charge in [-0.25, -0.2) is 4.98 Å². The van der Waals surface area contributed by atoms with Crippen LogP contribution >= 0.6 is 0 Å². The van der Waals surface area contributed by atoms with Crippen molar-refractivity contribution in [3.8, 4) is 11.5 Å². The molecule has 3 N–H and O–H groups in total. The third-order valence-corrected chi connectivity index (χ3v) is 3.38. The predicted octanol–water partition coefficient (Wildman–Crippen LogP) is 0.691. The summed E-state index contributed by atoms with van der Waals surface area (Å²) in [5.74, 6) is 1.18. The number of aryl methyl sites for hydroxylation is 1. The number of hydrogen-bond donors (Lipinski definition) is 3. The molecule has 2 heterocycles. The highest BCUT2D eigenvalue weighted by Crippen LogP contribution is 2.33. The zero-order valence-electron chi connectivity index (χ0n) is 13.2. The van der Waals surface area contributed by atoms with Gasteiger partial charge in [0.15, 0.2) is 11.5 Å². The van der Waals surface area contributed by atoms with Gasteiger partial charge in [-0.2, -0.15) is 0 Å². The van der Waals surface area contributed by atoms with Crippen LogP contribution in [-0.2, 0) is 0 Å². The molecule has 0 spiro atoms. The van der Waals surface area contributed by atoms with Gasteiger partial charge in [0.25, 0.3) is 11.5 Å². The van der Waals surface area contributed by atoms with Gasteiger partial charge in [-0.05, 0) is 19.1 Å². The number of hydrogen-bond acceptors (Lipinski definition) is 6. The summed E-state index contributed by atoms with van der Waals surface area (Å²) in [6, 6.07) is 6.62. The Kier molecular flexibility index (Phi) is 4.64. The number of ether oxygens (including phenoxy) is 2. The second kappa shape index (κ2) is 7.03. The highest BCUT2D eigenvalue weighted by Gasteiger charge is 2.19. The minimum absolute atomic E-state index is 0.220. The Morgan fingerprint density at radius 2 is 2.12 bits per heavy atom. The third kappa shape index (κ3) is 3.65. The van der Waals surface area contributed by atoms with Crippen LogP contribution in [0.15, 0.2) is 29.1 Å². The van der Waals surface area contributed by atoms with E-state index in [0.29, 0.717) is 55.0 Å². The van der Waals surface area contributed by atoms with Crippen molar-refractivity contribution in [3.63, 3.8) is 0 Å². The number of nitrogens with zero attached hydrogens (tertiary/aromatic N) is 1. The molecule has 1 amide bonds. The number of amides is 1. The molecule has 1 aromatic carbocycles. The monoisotopic (exact) mass is 330 g/mol. The van der Waals surface area contributed by atoms with E-state index in [2.05, 4.69) is 20.6 Å². The van der Waals surface area contributed by atoms with Crippen molar-refractivity contribution in [1.82, 2.24) is 15.3 Å². The maximum atomic E-state index is 12.3. The van der Waals surface area contributed by atoms with Crippen molar-refractivity contribution in [1.29, 1.82) is 0 Å². The Morgan fingerprint density at radius 1 is 1.29 bits per heavy atom. The summed E-state index contributed by atoms with van der Waals surface area (Å²) in [5, 5.41) is 5.75. The fraction of sp³-hybridized carbons (Fsp3) is 0.312. The Bertz CT molecular complexity index is 803. The number of H-pyrrole nitrogens is 1. The first kappa shape index (κ1) is 15.9. The van der Waals surface area contributed by atoms with Gasteiger partial charge in [-0.15, -0.1) is 0 Å². The number of carbonyl (C=O) groups is 1. The molecular weight excluding hydrogens is 312 g/mol. The minimum atomic E-state index is -0.246. The van der Waals surface area contributed by atoms with E-state index in [1.165, 1.54) is 6.07 Å². The molecule has 2 aromatic rings. The number of anilines is 1. The molecule has 3 rings (SSSR count). The summed E-state index contributed by atoms with van der Waals surface area (Å²) in [7, 11) is 0. The molecule has 0 unspecified atom stereocenters. The second-order valence-electron chi connectivity index (χ2n) is 5.25. The molecule has 24 heavy (non-hydrogen) atoms. The first-order valence-electron chi connectivity index (χ1n) is 7.62. The van der Waals surface area contributed by atoms with Gasteiger partial charge in [-0.3, -0.25) is 14.6 Å². The average molecular weight is 330 g/mol. The van der Waals surface area contributed by atoms with Crippen LogP contribution in [0.3, 0.4) is 0 Å². The summed E-state index contributed by atoms with van der Waals surface area (Å²) in [5.41, 5.74) is 0.842. The number of aromatic amines is 1. The fourth-order valence-corrected chi connectivity index (χ4v) is 2.37. The van der Waals surface area contributed by atoms with E-state index in [0.717, 1.165) is 0 Å². The number of carbonyl (C=O) groups excluding carboxylic acids is 1. The molecule has 126 valence electrons. The Morgan fingerprint density at radius 3 is 2.96 bits per heavy atom. The van der Waals surface area contributed by atoms with Crippen LogP contribution in [0.4, 0.5) is 5.95 Å². The minimum Gasteiger partial charge on any atom is -0.486 e. The molecule has 1 aliphatic rings. The largest absolute Gasteiger partial charge is 0.486 e. The smallest absolute Gasteiger partial charge is 0.255 e. The topological polar surface area (TPSA) is 105 Å². The van der Waals surface area contributed by atoms with Gasteiger partial charge in [0.05, 0.1) is 5.56 Å². The zero-order chi connectivity index (χ0) is 16.9. The summed E-state index contributed by atoms with van der Waals surface area (Å²) >= 11 is 0. The van der Waals surface area contributed by atoms with Gasteiger partial charge in [0, 0.05) is 24.8 Å². The van der Waals surface area contributed by atoms with Gasteiger partial charge >= 0.3 is 0 Å². The van der Waals surface area contributed by atoms with Gasteiger partial charge in [0.1, 0.15) is 13.2 Å². The highest BCUT2D eigenvalue weighted by molar-refractivity contribution is 5.97. The molecule has 0 aliphatic carbocycles. The van der Waals surface area contributed by atoms with Crippen LogP contribution in [0.1, 0.15) is 16.1 Å². The molecule has 0 saturated heterocycles. The fourth-order valence-electron chi connectivity index (χ4n) is 2.37. The van der Waals surface area contributed by atoms with Crippen molar-refractivity contribution in [2.45, 2.75) is 6.92 Å². The van der Waals surface area contributed by atoms with Crippen LogP contribution in [-0.4, -0.2) is 42.2 Å². The molecule has 0 bridgehead atoms. The van der Waals surface area contributed by atoms with Crippen LogP contribution < -0.4 is 25.7 Å². The molecule has 0 fully saturated rings. The first-order chi connectivity index (χ1) is 11.6. The molecular formula is C16H18N4O4. The Labute approximate surface area is 138 Å². The normalized spacial score (nSPS) is 12.5. The van der Waals surface area contributed by atoms with E-state index >= 15 is 0 Å².